The molecule has 0 amide bonds. The summed E-state index contributed by atoms with van der Waals surface area (Å²) in [5.74, 6) is 0.219. The molecule has 4 nitrogen and oxygen atoms in total. The minimum Gasteiger partial charge on any atom is -0.507 e. The molecule has 0 atom stereocenters. The average Bonchev–Trinajstić information content (AvgIpc) is 2.56. The number of hydrogen-bond acceptors (Lipinski definition) is 4. The molecule has 0 saturated heterocycles. The van der Waals surface area contributed by atoms with Crippen molar-refractivity contribution in [1.82, 2.24) is 0 Å². The van der Waals surface area contributed by atoms with E-state index in [-0.39, 0.29) is 11.5 Å². The topological polar surface area (TPSA) is 45.1 Å². The first-order chi connectivity index (χ1) is 11.5. The van der Waals surface area contributed by atoms with Crippen LogP contribution in [0.1, 0.15) is 19.4 Å². The fourth-order valence-corrected chi connectivity index (χ4v) is 2.28. The Kier molecular flexibility index (Phi) is 6.12. The molecule has 1 N–H and O–H groups in total. The van der Waals surface area contributed by atoms with Gasteiger partial charge in [-0.15, -0.1) is 0 Å². The van der Waals surface area contributed by atoms with Crippen molar-refractivity contribution in [2.24, 2.45) is 4.99 Å². The van der Waals surface area contributed by atoms with Crippen LogP contribution in [0, 0.1) is 0 Å². The van der Waals surface area contributed by atoms with Gasteiger partial charge in [-0.25, -0.2) is 0 Å². The molecule has 0 aliphatic rings. The number of hydrogen-bond donors (Lipinski definition) is 1. The fourth-order valence-electron chi connectivity index (χ4n) is 2.28. The molecule has 0 bridgehead atoms. The van der Waals surface area contributed by atoms with E-state index in [1.54, 1.807) is 24.3 Å². The van der Waals surface area contributed by atoms with E-state index >= 15 is 0 Å². The average molecular weight is 334 g/mol. The first kappa shape index (κ1) is 17.7. The highest BCUT2D eigenvalue weighted by Gasteiger charge is 2.06. The molecular formula is C18H20F2N2O2. The van der Waals surface area contributed by atoms with Gasteiger partial charge in [-0.2, -0.15) is 8.78 Å². The van der Waals surface area contributed by atoms with Crippen molar-refractivity contribution in [3.8, 4) is 11.5 Å². The smallest absolute Gasteiger partial charge is 0.387 e. The van der Waals surface area contributed by atoms with Gasteiger partial charge in [-0.3, -0.25) is 4.99 Å². The van der Waals surface area contributed by atoms with E-state index in [0.717, 1.165) is 18.8 Å². The molecule has 128 valence electrons. The number of ether oxygens (including phenoxy) is 1. The number of anilines is 1. The van der Waals surface area contributed by atoms with Gasteiger partial charge >= 0.3 is 6.61 Å². The summed E-state index contributed by atoms with van der Waals surface area (Å²) in [6.45, 7) is 2.97. The first-order valence-electron chi connectivity index (χ1n) is 7.70. The van der Waals surface area contributed by atoms with Gasteiger partial charge in [-0.1, -0.05) is 0 Å². The van der Waals surface area contributed by atoms with E-state index in [1.807, 2.05) is 6.07 Å². The Bertz CT molecular complexity index is 684. The summed E-state index contributed by atoms with van der Waals surface area (Å²) in [5.41, 5.74) is 2.10. The monoisotopic (exact) mass is 334 g/mol. The summed E-state index contributed by atoms with van der Waals surface area (Å²) in [6.07, 6.45) is 1.53. The molecular weight excluding hydrogens is 314 g/mol. The molecule has 0 aliphatic heterocycles. The zero-order chi connectivity index (χ0) is 17.5. The molecule has 0 heterocycles. The van der Waals surface area contributed by atoms with Crippen molar-refractivity contribution in [3.63, 3.8) is 0 Å². The van der Waals surface area contributed by atoms with E-state index in [0.29, 0.717) is 11.3 Å². The summed E-state index contributed by atoms with van der Waals surface area (Å²) >= 11 is 0. The van der Waals surface area contributed by atoms with E-state index < -0.39 is 6.61 Å². The predicted octanol–water partition coefficient (Wildman–Crippen LogP) is 4.59. The normalized spacial score (nSPS) is 11.2. The molecule has 0 spiro atoms. The van der Waals surface area contributed by atoms with Crippen LogP contribution in [-0.2, 0) is 0 Å². The van der Waals surface area contributed by atoms with E-state index in [2.05, 4.69) is 28.5 Å². The quantitative estimate of drug-likeness (QED) is 0.753. The Hall–Kier alpha value is -2.63. The maximum Gasteiger partial charge on any atom is 0.387 e. The highest BCUT2D eigenvalue weighted by Crippen LogP contribution is 2.25. The third-order valence-electron chi connectivity index (χ3n) is 3.56. The summed E-state index contributed by atoms with van der Waals surface area (Å²) in [6, 6.07) is 11.4. The molecule has 6 heteroatoms. The number of halogens is 2. The van der Waals surface area contributed by atoms with E-state index in [4.69, 9.17) is 0 Å². The molecule has 0 unspecified atom stereocenters. The van der Waals surface area contributed by atoms with Gasteiger partial charge in [0.1, 0.15) is 11.5 Å². The Morgan fingerprint density at radius 1 is 1.12 bits per heavy atom. The highest BCUT2D eigenvalue weighted by molar-refractivity contribution is 5.86. The van der Waals surface area contributed by atoms with Crippen molar-refractivity contribution in [2.75, 3.05) is 18.0 Å². The molecule has 0 aromatic heterocycles. The number of alkyl halides is 2. The molecule has 0 saturated carbocycles. The second-order valence-corrected chi connectivity index (χ2v) is 5.05. The third kappa shape index (κ3) is 4.68. The van der Waals surface area contributed by atoms with Crippen LogP contribution in [0.2, 0.25) is 0 Å². The van der Waals surface area contributed by atoms with Crippen molar-refractivity contribution >= 4 is 17.6 Å². The first-order valence-corrected chi connectivity index (χ1v) is 7.70. The minimum atomic E-state index is -2.85. The second-order valence-electron chi connectivity index (χ2n) is 5.05. The zero-order valence-electron chi connectivity index (χ0n) is 13.6. The number of benzene rings is 2. The number of nitrogens with zero attached hydrogens (tertiary/aromatic N) is 2. The molecule has 24 heavy (non-hydrogen) atoms. The molecule has 0 aliphatic carbocycles. The molecule has 0 radical (unpaired) electrons. The van der Waals surface area contributed by atoms with Crippen molar-refractivity contribution in [3.05, 3.63) is 48.0 Å². The molecule has 2 rings (SSSR count). The Labute approximate surface area is 140 Å². The maximum absolute atomic E-state index is 12.1. The Morgan fingerprint density at radius 2 is 1.79 bits per heavy atom. The molecule has 2 aromatic carbocycles. The maximum atomic E-state index is 12.1. The van der Waals surface area contributed by atoms with Crippen LogP contribution in [0.25, 0.3) is 0 Å². The van der Waals surface area contributed by atoms with E-state index in [1.165, 1.54) is 18.3 Å². The summed E-state index contributed by atoms with van der Waals surface area (Å²) in [4.78, 5) is 6.36. The van der Waals surface area contributed by atoms with Crippen molar-refractivity contribution in [1.29, 1.82) is 0 Å². The minimum absolute atomic E-state index is 0.0790. The van der Waals surface area contributed by atoms with Gasteiger partial charge in [0.15, 0.2) is 0 Å². The van der Waals surface area contributed by atoms with Crippen LogP contribution in [0.4, 0.5) is 20.2 Å². The van der Waals surface area contributed by atoms with Gasteiger partial charge in [0.25, 0.3) is 0 Å². The summed E-state index contributed by atoms with van der Waals surface area (Å²) < 4.78 is 28.5. The van der Waals surface area contributed by atoms with Crippen LogP contribution in [0.15, 0.2) is 47.5 Å². The number of aliphatic imine (C=N–C) groups is 1. The highest BCUT2D eigenvalue weighted by atomic mass is 19.3. The van der Waals surface area contributed by atoms with Gasteiger partial charge < -0.3 is 14.7 Å². The third-order valence-corrected chi connectivity index (χ3v) is 3.56. The van der Waals surface area contributed by atoms with Gasteiger partial charge in [0.05, 0.1) is 5.69 Å². The van der Waals surface area contributed by atoms with Gasteiger partial charge in [-0.05, 0) is 50.2 Å². The lowest BCUT2D eigenvalue weighted by Crippen LogP contribution is -2.21. The predicted molar refractivity (Wildman–Crippen MR) is 92.0 cm³/mol. The van der Waals surface area contributed by atoms with Crippen molar-refractivity contribution in [2.45, 2.75) is 20.5 Å². The summed E-state index contributed by atoms with van der Waals surface area (Å²) in [7, 11) is 0. The van der Waals surface area contributed by atoms with Crippen molar-refractivity contribution < 1.29 is 18.6 Å². The lowest BCUT2D eigenvalue weighted by atomic mass is 10.2. The van der Waals surface area contributed by atoms with Crippen LogP contribution >= 0.6 is 0 Å². The molecule has 2 aromatic rings. The lowest BCUT2D eigenvalue weighted by molar-refractivity contribution is -0.0498. The zero-order valence-corrected chi connectivity index (χ0v) is 13.6. The standard InChI is InChI=1S/C18H20F2N2O2/c1-3-22(4-2)15-8-5-13(17(23)11-15)12-21-14-6-9-16(10-7-14)24-18(19)20/h5-12,18,23H,3-4H2,1-2H3. The van der Waals surface area contributed by atoms with Crippen LogP contribution < -0.4 is 9.64 Å². The Morgan fingerprint density at radius 3 is 2.33 bits per heavy atom. The summed E-state index contributed by atoms with van der Waals surface area (Å²) in [5, 5.41) is 10.1. The number of aromatic hydroxyl groups is 1. The van der Waals surface area contributed by atoms with Crippen LogP contribution in [0.3, 0.4) is 0 Å². The number of phenols is 1. The fraction of sp³-hybridized carbons (Fsp3) is 0.278. The number of rotatable bonds is 7. The number of phenolic OH excluding ortho intramolecular Hbond substituents is 1. The Balaban J connectivity index is 2.11. The van der Waals surface area contributed by atoms with Gasteiger partial charge in [0, 0.05) is 36.6 Å². The molecule has 0 fully saturated rings. The lowest BCUT2D eigenvalue weighted by Gasteiger charge is -2.21. The SMILES string of the molecule is CCN(CC)c1ccc(C=Nc2ccc(OC(F)F)cc2)c(O)c1. The largest absolute Gasteiger partial charge is 0.507 e. The van der Waals surface area contributed by atoms with Crippen LogP contribution in [0.5, 0.6) is 11.5 Å². The van der Waals surface area contributed by atoms with Gasteiger partial charge in [0.2, 0.25) is 0 Å². The van der Waals surface area contributed by atoms with Crippen LogP contribution in [-0.4, -0.2) is 31.0 Å². The van der Waals surface area contributed by atoms with E-state index in [9.17, 15) is 13.9 Å². The second kappa shape index (κ2) is 8.29.